The lowest BCUT2D eigenvalue weighted by molar-refractivity contribution is -0.114. The molecule has 0 aliphatic rings. The molecule has 1 aromatic carbocycles. The Balaban J connectivity index is 1.93. The highest BCUT2D eigenvalue weighted by Crippen LogP contribution is 2.16. The molecule has 0 atom stereocenters. The van der Waals surface area contributed by atoms with Crippen molar-refractivity contribution in [3.05, 3.63) is 40.3 Å². The fourth-order valence-corrected chi connectivity index (χ4v) is 2.26. The monoisotopic (exact) mass is 333 g/mol. The predicted octanol–water partition coefficient (Wildman–Crippen LogP) is 1.16. The van der Waals surface area contributed by atoms with Gasteiger partial charge in [-0.3, -0.25) is 19.4 Å². The second-order valence-corrected chi connectivity index (χ2v) is 5.61. The van der Waals surface area contributed by atoms with Crippen LogP contribution in [0.3, 0.4) is 0 Å². The molecule has 0 bridgehead atoms. The number of anilines is 2. The molecule has 9 heteroatoms. The number of nitrogens with zero attached hydrogens (tertiary/aromatic N) is 2. The molecule has 0 saturated carbocycles. The maximum atomic E-state index is 11.9. The molecule has 1 heterocycles. The Kier molecular flexibility index (Phi) is 5.47. The SMILES string of the molecule is CC(=O)Nc1cccc(NC(=O)CSc2nnc(C)c(=O)[nH]2)c1. The number of aryl methyl sites for hydroxylation is 1. The van der Waals surface area contributed by atoms with Crippen LogP contribution in [0.2, 0.25) is 0 Å². The van der Waals surface area contributed by atoms with Crippen LogP contribution in [0.5, 0.6) is 0 Å². The summed E-state index contributed by atoms with van der Waals surface area (Å²) in [5.41, 5.74) is 1.10. The van der Waals surface area contributed by atoms with E-state index in [2.05, 4.69) is 25.8 Å². The van der Waals surface area contributed by atoms with Crippen molar-refractivity contribution in [2.75, 3.05) is 16.4 Å². The predicted molar refractivity (Wildman–Crippen MR) is 87.5 cm³/mol. The zero-order chi connectivity index (χ0) is 16.8. The average molecular weight is 333 g/mol. The highest BCUT2D eigenvalue weighted by atomic mass is 32.2. The Morgan fingerprint density at radius 3 is 2.57 bits per heavy atom. The van der Waals surface area contributed by atoms with E-state index in [0.717, 1.165) is 11.8 Å². The second kappa shape index (κ2) is 7.54. The smallest absolute Gasteiger partial charge is 0.273 e. The molecular weight excluding hydrogens is 318 g/mol. The highest BCUT2D eigenvalue weighted by Gasteiger charge is 2.07. The van der Waals surface area contributed by atoms with Gasteiger partial charge in [-0.2, -0.15) is 0 Å². The fourth-order valence-electron chi connectivity index (χ4n) is 1.65. The summed E-state index contributed by atoms with van der Waals surface area (Å²) >= 11 is 1.07. The third kappa shape index (κ3) is 5.22. The quantitative estimate of drug-likeness (QED) is 0.707. The minimum atomic E-state index is -0.328. The minimum absolute atomic E-state index is 0.0675. The summed E-state index contributed by atoms with van der Waals surface area (Å²) in [5, 5.41) is 13.1. The Hall–Kier alpha value is -2.68. The maximum Gasteiger partial charge on any atom is 0.273 e. The Labute approximate surface area is 136 Å². The van der Waals surface area contributed by atoms with Gasteiger partial charge in [0, 0.05) is 18.3 Å². The number of thioether (sulfide) groups is 1. The van der Waals surface area contributed by atoms with Crippen molar-refractivity contribution in [3.8, 4) is 0 Å². The van der Waals surface area contributed by atoms with Gasteiger partial charge in [0.1, 0.15) is 5.69 Å². The van der Waals surface area contributed by atoms with Crippen LogP contribution < -0.4 is 16.2 Å². The van der Waals surface area contributed by atoms with E-state index in [4.69, 9.17) is 0 Å². The van der Waals surface area contributed by atoms with Crippen LogP contribution in [-0.2, 0) is 9.59 Å². The van der Waals surface area contributed by atoms with Crippen molar-refractivity contribution in [3.63, 3.8) is 0 Å². The zero-order valence-corrected chi connectivity index (χ0v) is 13.4. The van der Waals surface area contributed by atoms with Crippen LogP contribution >= 0.6 is 11.8 Å². The van der Waals surface area contributed by atoms with E-state index in [1.165, 1.54) is 6.92 Å². The summed E-state index contributed by atoms with van der Waals surface area (Å²) < 4.78 is 0. The van der Waals surface area contributed by atoms with E-state index in [0.29, 0.717) is 11.4 Å². The molecule has 2 amide bonds. The van der Waals surface area contributed by atoms with Gasteiger partial charge in [0.05, 0.1) is 5.75 Å². The van der Waals surface area contributed by atoms with E-state index in [1.54, 1.807) is 31.2 Å². The number of hydrogen-bond donors (Lipinski definition) is 3. The van der Waals surface area contributed by atoms with Crippen molar-refractivity contribution in [1.29, 1.82) is 0 Å². The third-order valence-electron chi connectivity index (χ3n) is 2.65. The fraction of sp³-hybridized carbons (Fsp3) is 0.214. The van der Waals surface area contributed by atoms with Crippen LogP contribution in [0.25, 0.3) is 0 Å². The molecule has 2 aromatic rings. The Morgan fingerprint density at radius 1 is 1.22 bits per heavy atom. The number of hydrogen-bond acceptors (Lipinski definition) is 6. The van der Waals surface area contributed by atoms with Crippen LogP contribution in [0.4, 0.5) is 11.4 Å². The summed E-state index contributed by atoms with van der Waals surface area (Å²) in [6, 6.07) is 6.80. The molecule has 0 aliphatic heterocycles. The first kappa shape index (κ1) is 16.7. The van der Waals surface area contributed by atoms with E-state index < -0.39 is 0 Å². The first-order valence-corrected chi connectivity index (χ1v) is 7.66. The molecule has 3 N–H and O–H groups in total. The zero-order valence-electron chi connectivity index (χ0n) is 12.5. The van der Waals surface area contributed by atoms with Crippen LogP contribution in [-0.4, -0.2) is 32.7 Å². The van der Waals surface area contributed by atoms with Gasteiger partial charge in [0.2, 0.25) is 11.8 Å². The Bertz CT molecular complexity index is 790. The molecule has 0 unspecified atom stereocenters. The largest absolute Gasteiger partial charge is 0.326 e. The molecule has 0 spiro atoms. The summed E-state index contributed by atoms with van der Waals surface area (Å²) in [4.78, 5) is 36.9. The summed E-state index contributed by atoms with van der Waals surface area (Å²) in [5.74, 6) is -0.387. The number of carbonyl (C=O) groups is 2. The molecule has 0 aliphatic carbocycles. The standard InChI is InChI=1S/C14H15N5O3S/c1-8-13(22)17-14(19-18-8)23-7-12(21)16-11-5-3-4-10(6-11)15-9(2)20/h3-6H,7H2,1-2H3,(H,15,20)(H,16,21)(H,17,19,22). The van der Waals surface area contributed by atoms with Crippen molar-refractivity contribution >= 4 is 35.0 Å². The number of rotatable bonds is 5. The van der Waals surface area contributed by atoms with Gasteiger partial charge < -0.3 is 10.6 Å². The maximum absolute atomic E-state index is 11.9. The third-order valence-corrected chi connectivity index (χ3v) is 3.51. The lowest BCUT2D eigenvalue weighted by Crippen LogP contribution is -2.17. The van der Waals surface area contributed by atoms with E-state index >= 15 is 0 Å². The molecule has 23 heavy (non-hydrogen) atoms. The van der Waals surface area contributed by atoms with Gasteiger partial charge >= 0.3 is 0 Å². The second-order valence-electron chi connectivity index (χ2n) is 4.64. The summed E-state index contributed by atoms with van der Waals surface area (Å²) in [6.45, 7) is 2.96. The van der Waals surface area contributed by atoms with Gasteiger partial charge in [-0.15, -0.1) is 10.2 Å². The van der Waals surface area contributed by atoms with E-state index in [-0.39, 0.29) is 34.0 Å². The van der Waals surface area contributed by atoms with Crippen molar-refractivity contribution in [2.24, 2.45) is 0 Å². The number of benzene rings is 1. The van der Waals surface area contributed by atoms with Gasteiger partial charge in [-0.05, 0) is 25.1 Å². The Morgan fingerprint density at radius 2 is 1.91 bits per heavy atom. The lowest BCUT2D eigenvalue weighted by atomic mass is 10.2. The summed E-state index contributed by atoms with van der Waals surface area (Å²) in [7, 11) is 0. The highest BCUT2D eigenvalue weighted by molar-refractivity contribution is 7.99. The van der Waals surface area contributed by atoms with E-state index in [1.807, 2.05) is 0 Å². The number of amides is 2. The number of aromatic nitrogens is 3. The van der Waals surface area contributed by atoms with Crippen molar-refractivity contribution in [1.82, 2.24) is 15.2 Å². The minimum Gasteiger partial charge on any atom is -0.326 e. The molecular formula is C14H15N5O3S. The summed E-state index contributed by atoms with van der Waals surface area (Å²) in [6.07, 6.45) is 0. The van der Waals surface area contributed by atoms with Gasteiger partial charge in [0.15, 0.2) is 5.16 Å². The van der Waals surface area contributed by atoms with Gasteiger partial charge in [-0.25, -0.2) is 0 Å². The van der Waals surface area contributed by atoms with Gasteiger partial charge in [0.25, 0.3) is 5.56 Å². The molecule has 1 aromatic heterocycles. The van der Waals surface area contributed by atoms with E-state index in [9.17, 15) is 14.4 Å². The molecule has 0 saturated heterocycles. The normalized spacial score (nSPS) is 10.2. The number of H-pyrrole nitrogens is 1. The topological polar surface area (TPSA) is 117 Å². The number of aromatic amines is 1. The van der Waals surface area contributed by atoms with Crippen LogP contribution in [0, 0.1) is 6.92 Å². The first-order valence-electron chi connectivity index (χ1n) is 6.68. The van der Waals surface area contributed by atoms with Crippen molar-refractivity contribution in [2.45, 2.75) is 19.0 Å². The number of nitrogens with one attached hydrogen (secondary N) is 3. The molecule has 2 rings (SSSR count). The number of carbonyl (C=O) groups excluding carboxylic acids is 2. The average Bonchev–Trinajstić information content (AvgIpc) is 2.48. The van der Waals surface area contributed by atoms with Gasteiger partial charge in [-0.1, -0.05) is 17.8 Å². The molecule has 0 fully saturated rings. The first-order chi connectivity index (χ1) is 10.9. The molecule has 120 valence electrons. The van der Waals surface area contributed by atoms with Crippen LogP contribution in [0.1, 0.15) is 12.6 Å². The van der Waals surface area contributed by atoms with Crippen molar-refractivity contribution < 1.29 is 9.59 Å². The molecule has 8 nitrogen and oxygen atoms in total. The lowest BCUT2D eigenvalue weighted by Gasteiger charge is -2.07. The molecule has 0 radical (unpaired) electrons. The van der Waals surface area contributed by atoms with Crippen LogP contribution in [0.15, 0.2) is 34.2 Å².